The fourth-order valence-corrected chi connectivity index (χ4v) is 1.69. The summed E-state index contributed by atoms with van der Waals surface area (Å²) in [6.07, 6.45) is 0. The molecule has 5 nitrogen and oxygen atoms in total. The maximum Gasteiger partial charge on any atom is 0.176 e. The number of aliphatic carboxylic acids is 1. The smallest absolute Gasteiger partial charge is 0.176 e. The lowest BCUT2D eigenvalue weighted by atomic mass is 10.0. The van der Waals surface area contributed by atoms with Crippen LogP contribution in [0.15, 0.2) is 24.3 Å². The van der Waals surface area contributed by atoms with Gasteiger partial charge >= 0.3 is 0 Å². The number of carboxylic acid groups (broad SMARTS) is 1. The van der Waals surface area contributed by atoms with Crippen LogP contribution < -0.4 is 15.2 Å². The van der Waals surface area contributed by atoms with Crippen molar-refractivity contribution in [3.05, 3.63) is 29.8 Å². The summed E-state index contributed by atoms with van der Waals surface area (Å²) in [6, 6.07) is 5.89. The number of ketones is 1. The van der Waals surface area contributed by atoms with Gasteiger partial charge in [0.2, 0.25) is 0 Å². The first-order valence-electron chi connectivity index (χ1n) is 6.07. The summed E-state index contributed by atoms with van der Waals surface area (Å²) < 4.78 is 5.03. The zero-order valence-corrected chi connectivity index (χ0v) is 11.3. The van der Waals surface area contributed by atoms with Crippen molar-refractivity contribution in [1.29, 1.82) is 0 Å². The van der Waals surface area contributed by atoms with Crippen LogP contribution in [-0.4, -0.2) is 31.4 Å². The van der Waals surface area contributed by atoms with Gasteiger partial charge in [0.15, 0.2) is 5.78 Å². The normalized spacial score (nSPS) is 12.2. The number of benzene rings is 1. The van der Waals surface area contributed by atoms with Gasteiger partial charge in [0, 0.05) is 11.6 Å². The summed E-state index contributed by atoms with van der Waals surface area (Å²) in [6.45, 7) is 3.46. The highest BCUT2D eigenvalue weighted by molar-refractivity contribution is 5.98. The molecule has 0 bridgehead atoms. The summed E-state index contributed by atoms with van der Waals surface area (Å²) >= 11 is 0. The minimum atomic E-state index is -1.20. The SMILES string of the molecule is COc1cccc(C(=O)CNC(C(=O)[O-])C(C)C)c1. The van der Waals surface area contributed by atoms with Crippen LogP contribution in [0.4, 0.5) is 0 Å². The van der Waals surface area contributed by atoms with Gasteiger partial charge in [0.25, 0.3) is 0 Å². The number of Topliss-reactive ketones (excluding diaryl/α,β-unsaturated/α-hetero) is 1. The molecule has 0 spiro atoms. The molecule has 1 unspecified atom stereocenters. The van der Waals surface area contributed by atoms with E-state index in [-0.39, 0.29) is 18.2 Å². The molecule has 0 saturated heterocycles. The third-order valence-corrected chi connectivity index (χ3v) is 2.79. The molecule has 0 aliphatic heterocycles. The predicted octanol–water partition coefficient (Wildman–Crippen LogP) is 0.242. The van der Waals surface area contributed by atoms with Gasteiger partial charge in [-0.25, -0.2) is 0 Å². The average Bonchev–Trinajstić information content (AvgIpc) is 2.38. The summed E-state index contributed by atoms with van der Waals surface area (Å²) in [5.74, 6) is -0.950. The lowest BCUT2D eigenvalue weighted by molar-refractivity contribution is -0.309. The summed E-state index contributed by atoms with van der Waals surface area (Å²) in [7, 11) is 1.52. The molecule has 0 aromatic heterocycles. The molecule has 1 aromatic rings. The highest BCUT2D eigenvalue weighted by Crippen LogP contribution is 2.13. The Hall–Kier alpha value is -1.88. The maximum absolute atomic E-state index is 11.9. The second-order valence-electron chi connectivity index (χ2n) is 4.58. The van der Waals surface area contributed by atoms with E-state index < -0.39 is 12.0 Å². The second kappa shape index (κ2) is 6.89. The summed E-state index contributed by atoms with van der Waals surface area (Å²) in [5.41, 5.74) is 0.479. The molecule has 0 fully saturated rings. The molecular formula is C14H18NO4-. The molecule has 0 saturated carbocycles. The predicted molar refractivity (Wildman–Crippen MR) is 69.0 cm³/mol. The third kappa shape index (κ3) is 4.37. The van der Waals surface area contributed by atoms with E-state index in [1.54, 1.807) is 38.1 Å². The lowest BCUT2D eigenvalue weighted by Gasteiger charge is -2.22. The number of carbonyl (C=O) groups excluding carboxylic acids is 2. The first-order chi connectivity index (χ1) is 8.95. The minimum absolute atomic E-state index is 0.0516. The van der Waals surface area contributed by atoms with Crippen LogP contribution >= 0.6 is 0 Å². The van der Waals surface area contributed by atoms with Crippen molar-refractivity contribution in [3.63, 3.8) is 0 Å². The zero-order chi connectivity index (χ0) is 14.4. The quantitative estimate of drug-likeness (QED) is 0.714. The highest BCUT2D eigenvalue weighted by Gasteiger charge is 2.16. The number of carbonyl (C=O) groups is 2. The van der Waals surface area contributed by atoms with Gasteiger partial charge in [0.05, 0.1) is 19.6 Å². The van der Waals surface area contributed by atoms with Crippen molar-refractivity contribution in [2.24, 2.45) is 5.92 Å². The first-order valence-corrected chi connectivity index (χ1v) is 6.07. The fourth-order valence-electron chi connectivity index (χ4n) is 1.69. The number of rotatable bonds is 7. The van der Waals surface area contributed by atoms with Gasteiger partial charge in [0.1, 0.15) is 5.75 Å². The Balaban J connectivity index is 2.66. The minimum Gasteiger partial charge on any atom is -0.548 e. The van der Waals surface area contributed by atoms with E-state index >= 15 is 0 Å². The van der Waals surface area contributed by atoms with Crippen LogP contribution in [0.2, 0.25) is 0 Å². The van der Waals surface area contributed by atoms with Gasteiger partial charge in [-0.2, -0.15) is 0 Å². The first kappa shape index (κ1) is 15.2. The van der Waals surface area contributed by atoms with Crippen molar-refractivity contribution in [3.8, 4) is 5.75 Å². The molecule has 1 rings (SSSR count). The molecule has 0 aliphatic rings. The Labute approximate surface area is 112 Å². The summed E-state index contributed by atoms with van der Waals surface area (Å²) in [5, 5.41) is 13.6. The second-order valence-corrected chi connectivity index (χ2v) is 4.58. The molecule has 0 aliphatic carbocycles. The van der Waals surface area contributed by atoms with Crippen LogP contribution in [0.5, 0.6) is 5.75 Å². The van der Waals surface area contributed by atoms with E-state index in [2.05, 4.69) is 5.32 Å². The number of hydrogen-bond acceptors (Lipinski definition) is 5. The summed E-state index contributed by atoms with van der Waals surface area (Å²) in [4.78, 5) is 22.8. The molecule has 1 N–H and O–H groups in total. The van der Waals surface area contributed by atoms with Crippen molar-refractivity contribution in [2.45, 2.75) is 19.9 Å². The molecule has 1 aromatic carbocycles. The molecule has 5 heteroatoms. The van der Waals surface area contributed by atoms with Crippen LogP contribution in [0.25, 0.3) is 0 Å². The third-order valence-electron chi connectivity index (χ3n) is 2.79. The van der Waals surface area contributed by atoms with Gasteiger partial charge in [-0.15, -0.1) is 0 Å². The van der Waals surface area contributed by atoms with Gasteiger partial charge in [-0.05, 0) is 18.1 Å². The molecule has 0 heterocycles. The number of nitrogens with one attached hydrogen (secondary N) is 1. The molecule has 0 radical (unpaired) electrons. The van der Waals surface area contributed by atoms with E-state index in [9.17, 15) is 14.7 Å². The number of methoxy groups -OCH3 is 1. The van der Waals surface area contributed by atoms with Crippen LogP contribution in [0, 0.1) is 5.92 Å². The Bertz CT molecular complexity index is 457. The van der Waals surface area contributed by atoms with Crippen LogP contribution in [-0.2, 0) is 4.79 Å². The van der Waals surface area contributed by atoms with Crippen molar-refractivity contribution >= 4 is 11.8 Å². The molecular weight excluding hydrogens is 246 g/mol. The number of carboxylic acids is 1. The molecule has 19 heavy (non-hydrogen) atoms. The Morgan fingerprint density at radius 3 is 2.58 bits per heavy atom. The Morgan fingerprint density at radius 1 is 1.37 bits per heavy atom. The Kier molecular flexibility index (Phi) is 5.51. The van der Waals surface area contributed by atoms with Gasteiger partial charge in [-0.1, -0.05) is 26.0 Å². The van der Waals surface area contributed by atoms with Gasteiger partial charge in [-0.3, -0.25) is 4.79 Å². The highest BCUT2D eigenvalue weighted by atomic mass is 16.5. The number of hydrogen-bond donors (Lipinski definition) is 1. The topological polar surface area (TPSA) is 78.5 Å². The molecule has 104 valence electrons. The largest absolute Gasteiger partial charge is 0.548 e. The van der Waals surface area contributed by atoms with E-state index in [1.807, 2.05) is 0 Å². The van der Waals surface area contributed by atoms with Gasteiger partial charge < -0.3 is 20.0 Å². The van der Waals surface area contributed by atoms with E-state index in [0.717, 1.165) is 0 Å². The van der Waals surface area contributed by atoms with E-state index in [1.165, 1.54) is 7.11 Å². The fraction of sp³-hybridized carbons (Fsp3) is 0.429. The molecule has 0 amide bonds. The van der Waals surface area contributed by atoms with E-state index in [0.29, 0.717) is 11.3 Å². The van der Waals surface area contributed by atoms with Crippen LogP contribution in [0.3, 0.4) is 0 Å². The standard InChI is InChI=1S/C14H19NO4/c1-9(2)13(14(17)18)15-8-12(16)10-5-4-6-11(7-10)19-3/h4-7,9,13,15H,8H2,1-3H3,(H,17,18)/p-1. The van der Waals surface area contributed by atoms with Crippen molar-refractivity contribution in [2.75, 3.05) is 13.7 Å². The van der Waals surface area contributed by atoms with Crippen molar-refractivity contribution < 1.29 is 19.4 Å². The number of ether oxygens (including phenoxy) is 1. The monoisotopic (exact) mass is 264 g/mol. The Morgan fingerprint density at radius 2 is 2.05 bits per heavy atom. The maximum atomic E-state index is 11.9. The van der Waals surface area contributed by atoms with Crippen LogP contribution in [0.1, 0.15) is 24.2 Å². The molecule has 1 atom stereocenters. The zero-order valence-electron chi connectivity index (χ0n) is 11.3. The average molecular weight is 264 g/mol. The van der Waals surface area contributed by atoms with Crippen molar-refractivity contribution in [1.82, 2.24) is 5.32 Å². The van der Waals surface area contributed by atoms with E-state index in [4.69, 9.17) is 4.74 Å². The lowest BCUT2D eigenvalue weighted by Crippen LogP contribution is -2.50.